The van der Waals surface area contributed by atoms with E-state index in [2.05, 4.69) is 11.9 Å². The number of hydrogen-bond donors (Lipinski definition) is 1. The molecule has 3 rings (SSSR count). The van der Waals surface area contributed by atoms with Crippen LogP contribution in [0.15, 0.2) is 66.1 Å². The number of benzene rings is 2. The second-order valence-electron chi connectivity index (χ2n) is 5.96. The van der Waals surface area contributed by atoms with Crippen LogP contribution in [0.3, 0.4) is 0 Å². The van der Waals surface area contributed by atoms with E-state index in [0.29, 0.717) is 23.1 Å². The summed E-state index contributed by atoms with van der Waals surface area (Å²) in [5.41, 5.74) is 1.16. The van der Waals surface area contributed by atoms with E-state index in [1.165, 1.54) is 0 Å². The van der Waals surface area contributed by atoms with Crippen molar-refractivity contribution in [3.63, 3.8) is 0 Å². The summed E-state index contributed by atoms with van der Waals surface area (Å²) in [6.07, 6.45) is 3.25. The number of hydrogen-bond acceptors (Lipinski definition) is 5. The van der Waals surface area contributed by atoms with E-state index in [4.69, 9.17) is 16.3 Å². The molecule has 0 aromatic heterocycles. The van der Waals surface area contributed by atoms with Crippen molar-refractivity contribution in [1.29, 1.82) is 0 Å². The van der Waals surface area contributed by atoms with Gasteiger partial charge in [0, 0.05) is 0 Å². The molecule has 29 heavy (non-hydrogen) atoms. The normalized spacial score (nSPS) is 14.9. The zero-order chi connectivity index (χ0) is 20.8. The van der Waals surface area contributed by atoms with Crippen molar-refractivity contribution in [3.8, 4) is 5.75 Å². The highest BCUT2D eigenvalue weighted by atomic mass is 35.5. The number of amides is 3. The molecule has 0 aliphatic carbocycles. The molecule has 1 aliphatic heterocycles. The molecule has 1 fully saturated rings. The van der Waals surface area contributed by atoms with Gasteiger partial charge in [0.1, 0.15) is 18.9 Å². The number of imide groups is 1. The van der Waals surface area contributed by atoms with Gasteiger partial charge in [0.25, 0.3) is 11.1 Å². The molecule has 0 bridgehead atoms. The molecule has 0 atom stereocenters. The molecule has 8 heteroatoms. The van der Waals surface area contributed by atoms with Crippen LogP contribution in [0, 0.1) is 0 Å². The van der Waals surface area contributed by atoms with Crippen LogP contribution in [0.4, 0.5) is 10.5 Å². The number of ether oxygens (including phenoxy) is 1. The summed E-state index contributed by atoms with van der Waals surface area (Å²) in [5.74, 6) is -0.349. The number of thioether (sulfide) groups is 1. The summed E-state index contributed by atoms with van der Waals surface area (Å²) in [7, 11) is 0. The maximum absolute atomic E-state index is 12.6. The van der Waals surface area contributed by atoms with Crippen molar-refractivity contribution in [2.24, 2.45) is 0 Å². The fourth-order valence-corrected chi connectivity index (χ4v) is 3.52. The third-order valence-electron chi connectivity index (χ3n) is 3.87. The quantitative estimate of drug-likeness (QED) is 0.516. The summed E-state index contributed by atoms with van der Waals surface area (Å²) in [6.45, 7) is 3.60. The van der Waals surface area contributed by atoms with Crippen molar-refractivity contribution < 1.29 is 19.1 Å². The number of para-hydroxylation sites is 1. The molecule has 1 N–H and O–H groups in total. The summed E-state index contributed by atoms with van der Waals surface area (Å²) in [4.78, 5) is 38.2. The Morgan fingerprint density at radius 1 is 1.17 bits per heavy atom. The van der Waals surface area contributed by atoms with Gasteiger partial charge in [0.05, 0.1) is 15.6 Å². The first-order valence-corrected chi connectivity index (χ1v) is 9.81. The monoisotopic (exact) mass is 428 g/mol. The third kappa shape index (κ3) is 5.28. The fraction of sp³-hybridized carbons (Fsp3) is 0.0952. The zero-order valence-electron chi connectivity index (χ0n) is 15.3. The number of halogens is 1. The number of rotatable bonds is 7. The van der Waals surface area contributed by atoms with Crippen LogP contribution in [0.25, 0.3) is 6.08 Å². The summed E-state index contributed by atoms with van der Waals surface area (Å²) >= 11 is 6.80. The maximum Gasteiger partial charge on any atom is 0.294 e. The lowest BCUT2D eigenvalue weighted by Crippen LogP contribution is -2.36. The first kappa shape index (κ1) is 20.7. The van der Waals surface area contributed by atoms with Gasteiger partial charge < -0.3 is 10.1 Å². The van der Waals surface area contributed by atoms with Crippen LogP contribution in [0.2, 0.25) is 5.02 Å². The second-order valence-corrected chi connectivity index (χ2v) is 7.36. The van der Waals surface area contributed by atoms with Gasteiger partial charge in [0.15, 0.2) is 0 Å². The molecule has 0 spiro atoms. The highest BCUT2D eigenvalue weighted by Crippen LogP contribution is 2.32. The Balaban J connectivity index is 1.66. The number of nitrogens with zero attached hydrogens (tertiary/aromatic N) is 1. The van der Waals surface area contributed by atoms with Crippen LogP contribution < -0.4 is 10.1 Å². The lowest BCUT2D eigenvalue weighted by atomic mass is 10.2. The minimum absolute atomic E-state index is 0.250. The first-order chi connectivity index (χ1) is 14.0. The molecule has 1 aliphatic rings. The molecular weight excluding hydrogens is 412 g/mol. The molecule has 6 nitrogen and oxygen atoms in total. The van der Waals surface area contributed by atoms with E-state index in [1.807, 2.05) is 0 Å². The van der Waals surface area contributed by atoms with E-state index in [9.17, 15) is 14.4 Å². The van der Waals surface area contributed by atoms with Gasteiger partial charge in [-0.05, 0) is 47.7 Å². The Labute approximate surface area is 177 Å². The van der Waals surface area contributed by atoms with E-state index in [1.54, 1.807) is 60.7 Å². The number of anilines is 1. The van der Waals surface area contributed by atoms with Crippen molar-refractivity contribution in [2.45, 2.75) is 0 Å². The molecule has 2 aromatic rings. The predicted molar refractivity (Wildman–Crippen MR) is 115 cm³/mol. The minimum Gasteiger partial charge on any atom is -0.490 e. The van der Waals surface area contributed by atoms with Crippen LogP contribution >= 0.6 is 23.4 Å². The van der Waals surface area contributed by atoms with Gasteiger partial charge in [-0.1, -0.05) is 48.5 Å². The van der Waals surface area contributed by atoms with E-state index in [-0.39, 0.29) is 11.4 Å². The first-order valence-electron chi connectivity index (χ1n) is 8.61. The van der Waals surface area contributed by atoms with Gasteiger partial charge in [-0.15, -0.1) is 0 Å². The number of carbonyl (C=O) groups is 3. The standard InChI is InChI=1S/C21H17ClN2O4S/c1-2-11-28-15-9-7-14(8-10-15)12-18-20(26)24(21(27)29-18)13-19(25)23-17-6-4-3-5-16(17)22/h2-10,12H,1,11,13H2,(H,23,25)/b18-12+. The predicted octanol–water partition coefficient (Wildman–Crippen LogP) is 4.58. The topological polar surface area (TPSA) is 75.7 Å². The van der Waals surface area contributed by atoms with Gasteiger partial charge in [-0.25, -0.2) is 0 Å². The van der Waals surface area contributed by atoms with Crippen LogP contribution in [-0.2, 0) is 9.59 Å². The van der Waals surface area contributed by atoms with Gasteiger partial charge in [-0.3, -0.25) is 19.3 Å². The Morgan fingerprint density at radius 3 is 2.59 bits per heavy atom. The molecule has 1 heterocycles. The summed E-state index contributed by atoms with van der Waals surface area (Å²) in [5, 5.41) is 2.47. The molecule has 1 saturated heterocycles. The lowest BCUT2D eigenvalue weighted by Gasteiger charge is -2.13. The van der Waals surface area contributed by atoms with E-state index >= 15 is 0 Å². The third-order valence-corrected chi connectivity index (χ3v) is 5.11. The van der Waals surface area contributed by atoms with Crippen LogP contribution in [0.1, 0.15) is 5.56 Å². The zero-order valence-corrected chi connectivity index (χ0v) is 16.8. The highest BCUT2D eigenvalue weighted by Gasteiger charge is 2.36. The van der Waals surface area contributed by atoms with Crippen molar-refractivity contribution >= 4 is 52.2 Å². The fourth-order valence-electron chi connectivity index (χ4n) is 2.50. The van der Waals surface area contributed by atoms with Crippen LogP contribution in [-0.4, -0.2) is 35.1 Å². The van der Waals surface area contributed by atoms with Crippen molar-refractivity contribution in [2.75, 3.05) is 18.5 Å². The molecule has 0 radical (unpaired) electrons. The number of carbonyl (C=O) groups excluding carboxylic acids is 3. The SMILES string of the molecule is C=CCOc1ccc(/C=C2/SC(=O)N(CC(=O)Nc3ccccc3Cl)C2=O)cc1. The Bertz CT molecular complexity index is 988. The van der Waals surface area contributed by atoms with Crippen molar-refractivity contribution in [3.05, 3.63) is 76.7 Å². The largest absolute Gasteiger partial charge is 0.490 e. The maximum atomic E-state index is 12.6. The second kappa shape index (κ2) is 9.45. The van der Waals surface area contributed by atoms with E-state index < -0.39 is 17.1 Å². The highest BCUT2D eigenvalue weighted by molar-refractivity contribution is 8.18. The Kier molecular flexibility index (Phi) is 6.74. The smallest absolute Gasteiger partial charge is 0.294 e. The molecule has 2 aromatic carbocycles. The van der Waals surface area contributed by atoms with Gasteiger partial charge in [0.2, 0.25) is 5.91 Å². The van der Waals surface area contributed by atoms with Crippen molar-refractivity contribution in [1.82, 2.24) is 4.90 Å². The summed E-state index contributed by atoms with van der Waals surface area (Å²) < 4.78 is 5.41. The summed E-state index contributed by atoms with van der Waals surface area (Å²) in [6, 6.07) is 13.8. The van der Waals surface area contributed by atoms with E-state index in [0.717, 1.165) is 22.2 Å². The number of nitrogens with one attached hydrogen (secondary N) is 1. The molecular formula is C21H17ClN2O4S. The Morgan fingerprint density at radius 2 is 1.90 bits per heavy atom. The Hall–Kier alpha value is -3.03. The van der Waals surface area contributed by atoms with Gasteiger partial charge >= 0.3 is 0 Å². The molecule has 3 amide bonds. The molecule has 0 saturated carbocycles. The van der Waals surface area contributed by atoms with Crippen LogP contribution in [0.5, 0.6) is 5.75 Å². The molecule has 0 unspecified atom stereocenters. The minimum atomic E-state index is -0.513. The molecule has 148 valence electrons. The average Bonchev–Trinajstić information content (AvgIpc) is 2.96. The lowest BCUT2D eigenvalue weighted by molar-refractivity contribution is -0.127. The van der Waals surface area contributed by atoms with Gasteiger partial charge in [-0.2, -0.15) is 0 Å². The average molecular weight is 429 g/mol.